The fourth-order valence-corrected chi connectivity index (χ4v) is 1.73. The van der Waals surface area contributed by atoms with Crippen molar-refractivity contribution in [2.24, 2.45) is 0 Å². The van der Waals surface area contributed by atoms with Crippen LogP contribution >= 0.6 is 22.6 Å². The molecule has 17 heavy (non-hydrogen) atoms. The first kappa shape index (κ1) is 12.0. The molecule has 0 unspecified atom stereocenters. The molecule has 0 saturated carbocycles. The van der Waals surface area contributed by atoms with Gasteiger partial charge in [0.1, 0.15) is 9.39 Å². The Morgan fingerprint density at radius 2 is 2.41 bits per heavy atom. The molecule has 0 fully saturated rings. The molecule has 0 aromatic carbocycles. The van der Waals surface area contributed by atoms with Crippen LogP contribution < -0.4 is 10.9 Å². The van der Waals surface area contributed by atoms with Crippen molar-refractivity contribution < 1.29 is 4.52 Å². The Morgan fingerprint density at radius 1 is 1.59 bits per heavy atom. The molecule has 0 bridgehead atoms. The minimum absolute atomic E-state index is 0.154. The summed E-state index contributed by atoms with van der Waals surface area (Å²) in [6.07, 6.45) is 1.98. The lowest BCUT2D eigenvalue weighted by Crippen LogP contribution is -2.16. The van der Waals surface area contributed by atoms with Gasteiger partial charge in [0, 0.05) is 19.9 Å². The summed E-state index contributed by atoms with van der Waals surface area (Å²) in [7, 11) is 0. The number of halogens is 1. The highest BCUT2D eigenvalue weighted by Crippen LogP contribution is 2.08. The zero-order chi connectivity index (χ0) is 12.3. The first-order valence-corrected chi connectivity index (χ1v) is 6.01. The number of aromatic amines is 1. The van der Waals surface area contributed by atoms with Crippen molar-refractivity contribution in [3.63, 3.8) is 0 Å². The van der Waals surface area contributed by atoms with E-state index in [4.69, 9.17) is 4.52 Å². The summed E-state index contributed by atoms with van der Waals surface area (Å²) < 4.78 is 5.39. The predicted molar refractivity (Wildman–Crippen MR) is 68.8 cm³/mol. The van der Waals surface area contributed by atoms with E-state index in [-0.39, 0.29) is 5.56 Å². The van der Waals surface area contributed by atoms with Crippen LogP contribution in [0.25, 0.3) is 0 Å². The molecule has 0 aliphatic rings. The lowest BCUT2D eigenvalue weighted by atomic mass is 10.4. The monoisotopic (exact) mass is 347 g/mol. The molecule has 0 aliphatic heterocycles. The summed E-state index contributed by atoms with van der Waals surface area (Å²) in [6, 6.07) is 0. The standard InChI is InChI=1S/C9H10IN5O2/c1-5-14-6(15-17-5)2-3-11-8-7(10)9(16)13-4-12-8/h4H,2-3H2,1H3,(H2,11,12,13,16). The SMILES string of the molecule is Cc1nc(CCNc2nc[nH]c(=O)c2I)no1. The minimum atomic E-state index is -0.154. The van der Waals surface area contributed by atoms with Crippen LogP contribution in [0.1, 0.15) is 11.7 Å². The Kier molecular flexibility index (Phi) is 3.71. The van der Waals surface area contributed by atoms with Crippen LogP contribution in [-0.4, -0.2) is 26.7 Å². The number of rotatable bonds is 4. The van der Waals surface area contributed by atoms with E-state index in [0.29, 0.717) is 34.1 Å². The highest BCUT2D eigenvalue weighted by molar-refractivity contribution is 14.1. The van der Waals surface area contributed by atoms with Gasteiger partial charge in [0.25, 0.3) is 5.56 Å². The molecule has 90 valence electrons. The maximum Gasteiger partial charge on any atom is 0.266 e. The van der Waals surface area contributed by atoms with Crippen LogP contribution in [0.3, 0.4) is 0 Å². The lowest BCUT2D eigenvalue weighted by Gasteiger charge is -2.04. The van der Waals surface area contributed by atoms with Crippen molar-refractivity contribution >= 4 is 28.4 Å². The Labute approximate surface area is 110 Å². The van der Waals surface area contributed by atoms with Gasteiger partial charge in [-0.25, -0.2) is 4.98 Å². The molecule has 0 aliphatic carbocycles. The molecule has 8 heteroatoms. The van der Waals surface area contributed by atoms with Crippen molar-refractivity contribution in [1.29, 1.82) is 0 Å². The van der Waals surface area contributed by atoms with Crippen LogP contribution in [0.5, 0.6) is 0 Å². The predicted octanol–water partition coefficient (Wildman–Crippen LogP) is 0.721. The number of anilines is 1. The Hall–Kier alpha value is -1.45. The minimum Gasteiger partial charge on any atom is -0.369 e. The Balaban J connectivity index is 1.94. The smallest absolute Gasteiger partial charge is 0.266 e. The Bertz CT molecular complexity index is 565. The fraction of sp³-hybridized carbons (Fsp3) is 0.333. The number of H-pyrrole nitrogens is 1. The van der Waals surface area contributed by atoms with Gasteiger partial charge in [-0.1, -0.05) is 5.16 Å². The Morgan fingerprint density at radius 3 is 3.12 bits per heavy atom. The highest BCUT2D eigenvalue weighted by atomic mass is 127. The number of aryl methyl sites for hydroxylation is 1. The van der Waals surface area contributed by atoms with Gasteiger partial charge in [0.15, 0.2) is 5.82 Å². The van der Waals surface area contributed by atoms with Gasteiger partial charge in [0.2, 0.25) is 5.89 Å². The molecule has 0 radical (unpaired) electrons. The molecule has 2 aromatic rings. The van der Waals surface area contributed by atoms with E-state index in [1.54, 1.807) is 6.92 Å². The number of nitrogens with zero attached hydrogens (tertiary/aromatic N) is 3. The maximum atomic E-state index is 11.3. The van der Waals surface area contributed by atoms with Crippen LogP contribution in [0, 0.1) is 10.5 Å². The highest BCUT2D eigenvalue weighted by Gasteiger charge is 2.05. The second kappa shape index (κ2) is 5.25. The molecule has 2 N–H and O–H groups in total. The summed E-state index contributed by atoms with van der Waals surface area (Å²) >= 11 is 1.94. The molecule has 7 nitrogen and oxygen atoms in total. The first-order valence-electron chi connectivity index (χ1n) is 4.93. The second-order valence-electron chi connectivity index (χ2n) is 3.30. The van der Waals surface area contributed by atoms with Crippen molar-refractivity contribution in [1.82, 2.24) is 20.1 Å². The van der Waals surface area contributed by atoms with Gasteiger partial charge in [0.05, 0.1) is 6.33 Å². The summed E-state index contributed by atoms with van der Waals surface area (Å²) in [5.41, 5.74) is -0.154. The van der Waals surface area contributed by atoms with Crippen molar-refractivity contribution in [3.05, 3.63) is 32.0 Å². The second-order valence-corrected chi connectivity index (χ2v) is 4.38. The topological polar surface area (TPSA) is 96.7 Å². The summed E-state index contributed by atoms with van der Waals surface area (Å²) in [4.78, 5) is 21.9. The first-order chi connectivity index (χ1) is 8.16. The van der Waals surface area contributed by atoms with E-state index in [1.807, 2.05) is 22.6 Å². The molecular formula is C9H10IN5O2. The van der Waals surface area contributed by atoms with E-state index in [9.17, 15) is 4.79 Å². The van der Waals surface area contributed by atoms with E-state index < -0.39 is 0 Å². The van der Waals surface area contributed by atoms with Crippen LogP contribution in [0.2, 0.25) is 0 Å². The molecule has 0 atom stereocenters. The third-order valence-electron chi connectivity index (χ3n) is 2.01. The van der Waals surface area contributed by atoms with Crippen molar-refractivity contribution in [3.8, 4) is 0 Å². The summed E-state index contributed by atoms with van der Waals surface area (Å²) in [5.74, 6) is 1.74. The van der Waals surface area contributed by atoms with Crippen molar-refractivity contribution in [2.45, 2.75) is 13.3 Å². The third kappa shape index (κ3) is 3.02. The lowest BCUT2D eigenvalue weighted by molar-refractivity contribution is 0.387. The number of aromatic nitrogens is 4. The summed E-state index contributed by atoms with van der Waals surface area (Å²) in [5, 5.41) is 6.82. The molecule has 2 heterocycles. The van der Waals surface area contributed by atoms with Gasteiger partial charge in [-0.05, 0) is 22.6 Å². The summed E-state index contributed by atoms with van der Waals surface area (Å²) in [6.45, 7) is 2.33. The third-order valence-corrected chi connectivity index (χ3v) is 3.01. The maximum absolute atomic E-state index is 11.3. The molecular weight excluding hydrogens is 337 g/mol. The van der Waals surface area contributed by atoms with Crippen LogP contribution in [-0.2, 0) is 6.42 Å². The largest absolute Gasteiger partial charge is 0.369 e. The molecule has 2 rings (SSSR count). The molecule has 0 amide bonds. The van der Waals surface area contributed by atoms with Crippen LogP contribution in [0.15, 0.2) is 15.6 Å². The number of hydrogen-bond donors (Lipinski definition) is 2. The zero-order valence-electron chi connectivity index (χ0n) is 9.03. The van der Waals surface area contributed by atoms with Gasteiger partial charge < -0.3 is 14.8 Å². The van der Waals surface area contributed by atoms with Gasteiger partial charge in [-0.15, -0.1) is 0 Å². The van der Waals surface area contributed by atoms with Gasteiger partial charge in [-0.2, -0.15) is 4.98 Å². The average molecular weight is 347 g/mol. The van der Waals surface area contributed by atoms with Gasteiger partial charge >= 0.3 is 0 Å². The average Bonchev–Trinajstić information content (AvgIpc) is 2.70. The van der Waals surface area contributed by atoms with Crippen LogP contribution in [0.4, 0.5) is 5.82 Å². The van der Waals surface area contributed by atoms with Gasteiger partial charge in [-0.3, -0.25) is 4.79 Å². The quantitative estimate of drug-likeness (QED) is 0.792. The van der Waals surface area contributed by atoms with E-state index in [2.05, 4.69) is 25.4 Å². The molecule has 0 spiro atoms. The van der Waals surface area contributed by atoms with Crippen molar-refractivity contribution in [2.75, 3.05) is 11.9 Å². The number of hydrogen-bond acceptors (Lipinski definition) is 6. The van der Waals surface area contributed by atoms with E-state index in [1.165, 1.54) is 6.33 Å². The normalized spacial score (nSPS) is 10.5. The van der Waals surface area contributed by atoms with E-state index >= 15 is 0 Å². The molecule has 2 aromatic heterocycles. The number of nitrogens with one attached hydrogen (secondary N) is 2. The fourth-order valence-electron chi connectivity index (χ4n) is 1.24. The zero-order valence-corrected chi connectivity index (χ0v) is 11.2. The van der Waals surface area contributed by atoms with E-state index in [0.717, 1.165) is 0 Å². The molecule has 0 saturated heterocycles.